The lowest BCUT2D eigenvalue weighted by Crippen LogP contribution is -2.18. The molecule has 13 rings (SSSR count). The molecule has 0 saturated heterocycles. The van der Waals surface area contributed by atoms with E-state index in [2.05, 4.69) is 221 Å². The molecule has 0 aliphatic heterocycles. The van der Waals surface area contributed by atoms with Crippen LogP contribution in [0.15, 0.2) is 192 Å². The largest absolute Gasteiger partial charge is 0.455 e. The molecule has 1 aromatic heterocycles. The Kier molecular flexibility index (Phi) is 7.16. The van der Waals surface area contributed by atoms with Crippen LogP contribution in [-0.2, 0) is 10.8 Å². The predicted octanol–water partition coefficient (Wildman–Crippen LogP) is 16.8. The molecule has 11 aromatic rings. The van der Waals surface area contributed by atoms with E-state index >= 15 is 0 Å². The molecule has 10 aromatic carbocycles. The third-order valence-electron chi connectivity index (χ3n) is 14.4. The van der Waals surface area contributed by atoms with Gasteiger partial charge in [-0.1, -0.05) is 179 Å². The van der Waals surface area contributed by atoms with Crippen molar-refractivity contribution in [2.75, 3.05) is 4.90 Å². The third-order valence-corrected chi connectivity index (χ3v) is 14.4. The molecule has 0 fully saturated rings. The van der Waals surface area contributed by atoms with E-state index in [1.807, 2.05) is 0 Å². The summed E-state index contributed by atoms with van der Waals surface area (Å²) in [6, 6.07) is 69.9. The molecule has 2 aliphatic carbocycles. The van der Waals surface area contributed by atoms with Crippen molar-refractivity contribution in [1.82, 2.24) is 0 Å². The molecule has 0 atom stereocenters. The monoisotopic (exact) mass is 793 g/mol. The fourth-order valence-corrected chi connectivity index (χ4v) is 11.5. The summed E-state index contributed by atoms with van der Waals surface area (Å²) in [5.41, 5.74) is 17.9. The third kappa shape index (κ3) is 4.70. The van der Waals surface area contributed by atoms with Gasteiger partial charge in [-0.2, -0.15) is 0 Å². The number of furan rings is 1. The molecular weight excluding hydrogens is 751 g/mol. The SMILES string of the molecule is CC1(C)c2ccccc2-c2ccc(N(c3ccc4c(c3)C(C)(C)c3ccccc3-4)c3ccc4oc5c6ccccc6c6ccccc6c5c4c3-c3cccc4ccccc34)cc21. The fourth-order valence-electron chi connectivity index (χ4n) is 11.5. The first-order valence-electron chi connectivity index (χ1n) is 21.8. The topological polar surface area (TPSA) is 16.4 Å². The van der Waals surface area contributed by atoms with Crippen LogP contribution in [0.2, 0.25) is 0 Å². The lowest BCUT2D eigenvalue weighted by Gasteiger charge is -2.31. The molecule has 0 spiro atoms. The summed E-state index contributed by atoms with van der Waals surface area (Å²) in [5, 5.41) is 9.44. The Bertz CT molecular complexity index is 3600. The molecule has 2 heteroatoms. The zero-order valence-corrected chi connectivity index (χ0v) is 35.3. The first kappa shape index (κ1) is 35.3. The van der Waals surface area contributed by atoms with Crippen LogP contribution in [0.4, 0.5) is 17.1 Å². The molecule has 0 amide bonds. The summed E-state index contributed by atoms with van der Waals surface area (Å²) in [4.78, 5) is 2.54. The average molecular weight is 794 g/mol. The highest BCUT2D eigenvalue weighted by atomic mass is 16.3. The Hall–Kier alpha value is -7.42. The van der Waals surface area contributed by atoms with E-state index in [9.17, 15) is 0 Å². The fraction of sp³-hybridized carbons (Fsp3) is 0.100. The van der Waals surface area contributed by atoms with Gasteiger partial charge in [0.15, 0.2) is 0 Å². The van der Waals surface area contributed by atoms with Crippen LogP contribution in [0.3, 0.4) is 0 Å². The van der Waals surface area contributed by atoms with Gasteiger partial charge in [0, 0.05) is 43.9 Å². The van der Waals surface area contributed by atoms with Crippen LogP contribution < -0.4 is 4.90 Å². The highest BCUT2D eigenvalue weighted by molar-refractivity contribution is 6.33. The minimum absolute atomic E-state index is 0.168. The Morgan fingerprint density at radius 2 is 0.855 bits per heavy atom. The van der Waals surface area contributed by atoms with Gasteiger partial charge in [-0.25, -0.2) is 0 Å². The number of hydrogen-bond donors (Lipinski definition) is 0. The molecule has 294 valence electrons. The molecule has 0 bridgehead atoms. The Balaban J connectivity index is 1.18. The van der Waals surface area contributed by atoms with Crippen molar-refractivity contribution in [3.05, 3.63) is 210 Å². The van der Waals surface area contributed by atoms with E-state index < -0.39 is 0 Å². The molecule has 0 radical (unpaired) electrons. The number of benzene rings is 10. The van der Waals surface area contributed by atoms with Crippen molar-refractivity contribution in [3.63, 3.8) is 0 Å². The van der Waals surface area contributed by atoms with Crippen molar-refractivity contribution < 1.29 is 4.42 Å². The second-order valence-corrected chi connectivity index (χ2v) is 18.4. The van der Waals surface area contributed by atoms with E-state index in [-0.39, 0.29) is 10.8 Å². The summed E-state index contributed by atoms with van der Waals surface area (Å²) in [5.74, 6) is 0. The van der Waals surface area contributed by atoms with E-state index in [1.165, 1.54) is 77.0 Å². The number of nitrogens with zero attached hydrogens (tertiary/aromatic N) is 1. The average Bonchev–Trinajstić information content (AvgIpc) is 3.89. The van der Waals surface area contributed by atoms with Crippen LogP contribution >= 0.6 is 0 Å². The zero-order chi connectivity index (χ0) is 41.5. The highest BCUT2D eigenvalue weighted by Crippen LogP contribution is 2.56. The standard InChI is InChI=1S/C60H43NO/c1-59(2)49-26-13-11-21-42(49)44-30-28-37(34-51(44)59)61(38-29-31-45-43-22-12-14-27-50(43)60(3,4)52(45)35-38)53-32-33-54-57(55(53)46-25-15-17-36-16-5-6-18-39(36)46)56-47-23-9-7-19-40(47)41-20-8-10-24-48(41)58(56)62-54/h5-35H,1-4H3. The summed E-state index contributed by atoms with van der Waals surface area (Å²) < 4.78 is 7.12. The maximum atomic E-state index is 7.12. The van der Waals surface area contributed by atoms with E-state index in [4.69, 9.17) is 4.42 Å². The van der Waals surface area contributed by atoms with Crippen LogP contribution in [0, 0.1) is 0 Å². The minimum atomic E-state index is -0.168. The lowest BCUT2D eigenvalue weighted by molar-refractivity contribution is 0.660. The molecule has 0 N–H and O–H groups in total. The smallest absolute Gasteiger partial charge is 0.143 e. The van der Waals surface area contributed by atoms with Gasteiger partial charge in [0.2, 0.25) is 0 Å². The van der Waals surface area contributed by atoms with Crippen molar-refractivity contribution in [2.45, 2.75) is 38.5 Å². The lowest BCUT2D eigenvalue weighted by atomic mass is 9.82. The van der Waals surface area contributed by atoms with Crippen LogP contribution in [0.25, 0.3) is 87.6 Å². The Morgan fingerprint density at radius 1 is 0.371 bits per heavy atom. The number of anilines is 3. The predicted molar refractivity (Wildman–Crippen MR) is 261 cm³/mol. The summed E-state index contributed by atoms with van der Waals surface area (Å²) >= 11 is 0. The Morgan fingerprint density at radius 3 is 1.50 bits per heavy atom. The summed E-state index contributed by atoms with van der Waals surface area (Å²) in [6.45, 7) is 9.51. The van der Waals surface area contributed by atoms with Crippen molar-refractivity contribution >= 4 is 71.3 Å². The van der Waals surface area contributed by atoms with Gasteiger partial charge < -0.3 is 9.32 Å². The summed E-state index contributed by atoms with van der Waals surface area (Å²) in [6.07, 6.45) is 0. The van der Waals surface area contributed by atoms with Gasteiger partial charge >= 0.3 is 0 Å². The van der Waals surface area contributed by atoms with Gasteiger partial charge in [-0.05, 0) is 113 Å². The van der Waals surface area contributed by atoms with E-state index in [0.29, 0.717) is 0 Å². The second kappa shape index (κ2) is 12.6. The van der Waals surface area contributed by atoms with Gasteiger partial charge in [0.25, 0.3) is 0 Å². The molecule has 2 nitrogen and oxygen atoms in total. The molecule has 0 unspecified atom stereocenters. The molecular formula is C60H43NO. The maximum Gasteiger partial charge on any atom is 0.143 e. The second-order valence-electron chi connectivity index (χ2n) is 18.4. The van der Waals surface area contributed by atoms with Crippen LogP contribution in [0.1, 0.15) is 49.9 Å². The van der Waals surface area contributed by atoms with E-state index in [1.54, 1.807) is 0 Å². The van der Waals surface area contributed by atoms with Crippen LogP contribution in [-0.4, -0.2) is 0 Å². The first-order chi connectivity index (χ1) is 30.3. The van der Waals surface area contributed by atoms with Crippen LogP contribution in [0.5, 0.6) is 0 Å². The first-order valence-corrected chi connectivity index (χ1v) is 21.8. The van der Waals surface area contributed by atoms with Crippen molar-refractivity contribution in [2.24, 2.45) is 0 Å². The van der Waals surface area contributed by atoms with Crippen molar-refractivity contribution in [3.8, 4) is 33.4 Å². The quantitative estimate of drug-likeness (QED) is 0.165. The number of hydrogen-bond acceptors (Lipinski definition) is 2. The molecule has 2 aliphatic rings. The van der Waals surface area contributed by atoms with Gasteiger partial charge in [0.05, 0.1) is 5.69 Å². The normalized spacial score (nSPS) is 14.4. The van der Waals surface area contributed by atoms with Gasteiger partial charge in [-0.3, -0.25) is 0 Å². The minimum Gasteiger partial charge on any atom is -0.455 e. The highest BCUT2D eigenvalue weighted by Gasteiger charge is 2.38. The zero-order valence-electron chi connectivity index (χ0n) is 35.3. The van der Waals surface area contributed by atoms with Crippen molar-refractivity contribution in [1.29, 1.82) is 0 Å². The number of fused-ring (bicyclic) bond motifs is 15. The van der Waals surface area contributed by atoms with E-state index in [0.717, 1.165) is 50.0 Å². The van der Waals surface area contributed by atoms with Gasteiger partial charge in [-0.15, -0.1) is 0 Å². The molecule has 0 saturated carbocycles. The molecule has 62 heavy (non-hydrogen) atoms. The Labute approximate surface area is 361 Å². The maximum absolute atomic E-state index is 7.12. The molecule has 1 heterocycles. The summed E-state index contributed by atoms with van der Waals surface area (Å²) in [7, 11) is 0. The number of rotatable bonds is 4. The van der Waals surface area contributed by atoms with Gasteiger partial charge in [0.1, 0.15) is 11.2 Å².